The number of rotatable bonds is 6. The fourth-order valence-electron chi connectivity index (χ4n) is 7.00. The highest BCUT2D eigenvalue weighted by Crippen LogP contribution is 2.55. The van der Waals surface area contributed by atoms with Gasteiger partial charge in [0.1, 0.15) is 23.4 Å². The minimum absolute atomic E-state index is 0.0231. The molecule has 5 atom stereocenters. The van der Waals surface area contributed by atoms with Crippen LogP contribution in [0.4, 0.5) is 15.8 Å². The molecule has 0 spiro atoms. The standard InChI is InChI=1S/C31H35FN4O8/c1-35(2)15-8-6-7-13(9-15)30(43)34-19-12-18(32)16-10-14-11-17-23(36(3)4)26(39)22(29(33)42)28(41)31(17,44-5)27(40)20(14)25(38)21(16)24(19)37/h6-9,12,14,17,23,28,37-39,41H,10-11H2,1-5H3,(H2,33,42)(H,34,43)/t14-,17-,23-,28?,31-/m0/s1. The van der Waals surface area contributed by atoms with Crippen molar-refractivity contribution in [2.75, 3.05) is 45.5 Å². The third-order valence-corrected chi connectivity index (χ3v) is 9.04. The molecule has 1 fully saturated rings. The summed E-state index contributed by atoms with van der Waals surface area (Å²) in [6.45, 7) is 0. The van der Waals surface area contributed by atoms with Gasteiger partial charge in [-0.2, -0.15) is 0 Å². The predicted molar refractivity (Wildman–Crippen MR) is 159 cm³/mol. The number of fused-ring (bicyclic) bond motifs is 3. The van der Waals surface area contributed by atoms with E-state index in [2.05, 4.69) is 5.32 Å². The lowest BCUT2D eigenvalue weighted by molar-refractivity contribution is -0.179. The van der Waals surface area contributed by atoms with Crippen molar-refractivity contribution in [3.05, 3.63) is 69.7 Å². The van der Waals surface area contributed by atoms with E-state index in [0.29, 0.717) is 0 Å². The molecule has 2 aromatic carbocycles. The molecule has 0 saturated heterocycles. The van der Waals surface area contributed by atoms with Gasteiger partial charge in [-0.15, -0.1) is 0 Å². The number of amides is 2. The Balaban J connectivity index is 1.62. The molecule has 2 aromatic rings. The molecule has 0 heterocycles. The van der Waals surface area contributed by atoms with Gasteiger partial charge < -0.3 is 41.1 Å². The van der Waals surface area contributed by atoms with E-state index in [9.17, 15) is 34.8 Å². The maximum Gasteiger partial charge on any atom is 0.255 e. The Morgan fingerprint density at radius 1 is 1.14 bits per heavy atom. The van der Waals surface area contributed by atoms with Crippen LogP contribution < -0.4 is 16.0 Å². The third-order valence-electron chi connectivity index (χ3n) is 9.04. The second-order valence-corrected chi connectivity index (χ2v) is 11.8. The van der Waals surface area contributed by atoms with Crippen LogP contribution in [0.5, 0.6) is 5.75 Å². The van der Waals surface area contributed by atoms with E-state index in [-0.39, 0.29) is 40.8 Å². The van der Waals surface area contributed by atoms with Crippen molar-refractivity contribution in [1.82, 2.24) is 4.90 Å². The first-order chi connectivity index (χ1) is 20.7. The zero-order valence-corrected chi connectivity index (χ0v) is 24.9. The summed E-state index contributed by atoms with van der Waals surface area (Å²) in [7, 11) is 7.96. The Kier molecular flexibility index (Phi) is 7.69. The smallest absolute Gasteiger partial charge is 0.255 e. The molecule has 13 heteroatoms. The Morgan fingerprint density at radius 3 is 2.41 bits per heavy atom. The fraction of sp³-hybridized carbons (Fsp3) is 0.387. The SMILES string of the molecule is CO[C@]12C(=O)C3=C(O)c4c(O)c(NC(=O)c5cccc(N(C)C)c5)cc(F)c4C[C@H]3C[C@H]1[C@H](N(C)C)C(O)=C(C(N)=O)C2O. The summed E-state index contributed by atoms with van der Waals surface area (Å²) in [6.07, 6.45) is -2.09. The number of anilines is 2. The number of phenolic OH excluding ortho intramolecular Hbond substituents is 1. The first-order valence-electron chi connectivity index (χ1n) is 13.9. The molecular weight excluding hydrogens is 575 g/mol. The molecule has 2 amide bonds. The number of ether oxygens (including phenoxy) is 1. The van der Waals surface area contributed by atoms with Gasteiger partial charge >= 0.3 is 0 Å². The Hall–Kier alpha value is -4.46. The minimum atomic E-state index is -2.15. The first kappa shape index (κ1) is 31.0. The van der Waals surface area contributed by atoms with Crippen LogP contribution in [0, 0.1) is 17.7 Å². The van der Waals surface area contributed by atoms with E-state index in [0.717, 1.165) is 18.9 Å². The van der Waals surface area contributed by atoms with Crippen molar-refractivity contribution in [2.24, 2.45) is 17.6 Å². The van der Waals surface area contributed by atoms with Crippen LogP contribution in [0.25, 0.3) is 5.76 Å². The molecule has 0 aromatic heterocycles. The lowest BCUT2D eigenvalue weighted by atomic mass is 9.56. The number of nitrogens with one attached hydrogen (secondary N) is 1. The first-order valence-corrected chi connectivity index (χ1v) is 13.9. The summed E-state index contributed by atoms with van der Waals surface area (Å²) in [4.78, 5) is 43.1. The van der Waals surface area contributed by atoms with E-state index < -0.39 is 75.8 Å². The van der Waals surface area contributed by atoms with Gasteiger partial charge in [-0.25, -0.2) is 4.39 Å². The molecule has 1 unspecified atom stereocenters. The number of primary amides is 1. The zero-order valence-electron chi connectivity index (χ0n) is 24.9. The Bertz CT molecular complexity index is 1650. The number of ketones is 1. The summed E-state index contributed by atoms with van der Waals surface area (Å²) < 4.78 is 21.3. The Labute approximate surface area is 252 Å². The Morgan fingerprint density at radius 2 is 1.82 bits per heavy atom. The van der Waals surface area contributed by atoms with Gasteiger partial charge in [-0.1, -0.05) is 6.07 Å². The average Bonchev–Trinajstić information content (AvgIpc) is 2.95. The van der Waals surface area contributed by atoms with Gasteiger partial charge in [-0.05, 0) is 51.1 Å². The highest BCUT2D eigenvalue weighted by atomic mass is 19.1. The molecule has 44 heavy (non-hydrogen) atoms. The number of aliphatic hydroxyl groups excluding tert-OH is 3. The zero-order chi connectivity index (χ0) is 32.4. The van der Waals surface area contributed by atoms with Gasteiger partial charge in [0.25, 0.3) is 11.8 Å². The molecule has 0 radical (unpaired) electrons. The van der Waals surface area contributed by atoms with Crippen LogP contribution in [-0.4, -0.2) is 96.0 Å². The number of carbonyl (C=O) groups is 3. The van der Waals surface area contributed by atoms with Gasteiger partial charge in [0.2, 0.25) is 0 Å². The van der Waals surface area contributed by atoms with Crippen LogP contribution in [0.3, 0.4) is 0 Å². The van der Waals surface area contributed by atoms with E-state index in [1.807, 2.05) is 0 Å². The van der Waals surface area contributed by atoms with Crippen molar-refractivity contribution >= 4 is 34.7 Å². The number of halogens is 1. The number of methoxy groups -OCH3 is 1. The molecule has 234 valence electrons. The van der Waals surface area contributed by atoms with Gasteiger partial charge in [0.05, 0.1) is 22.9 Å². The molecule has 0 aliphatic heterocycles. The molecule has 1 saturated carbocycles. The predicted octanol–water partition coefficient (Wildman–Crippen LogP) is 1.87. The molecule has 5 rings (SSSR count). The van der Waals surface area contributed by atoms with E-state index >= 15 is 4.39 Å². The quantitative estimate of drug-likeness (QED) is 0.264. The van der Waals surface area contributed by atoms with Gasteiger partial charge in [-0.3, -0.25) is 19.3 Å². The summed E-state index contributed by atoms with van der Waals surface area (Å²) in [5.41, 5.74) is 2.69. The number of hydrogen-bond acceptors (Lipinski definition) is 10. The highest BCUT2D eigenvalue weighted by Gasteiger charge is 2.66. The average molecular weight is 611 g/mol. The van der Waals surface area contributed by atoms with Crippen molar-refractivity contribution in [1.29, 1.82) is 0 Å². The summed E-state index contributed by atoms with van der Waals surface area (Å²) in [5, 5.41) is 47.6. The number of hydrogen-bond donors (Lipinski definition) is 6. The maximum atomic E-state index is 15.6. The molecule has 3 aliphatic carbocycles. The van der Waals surface area contributed by atoms with Crippen LogP contribution in [-0.2, 0) is 20.7 Å². The number of Topliss-reactive ketones (excluding diaryl/α,β-unsaturated/α-hetero) is 1. The van der Waals surface area contributed by atoms with Gasteiger partial charge in [0.15, 0.2) is 17.1 Å². The molecule has 12 nitrogen and oxygen atoms in total. The van der Waals surface area contributed by atoms with Crippen LogP contribution in [0.2, 0.25) is 0 Å². The van der Waals surface area contributed by atoms with Crippen LogP contribution >= 0.6 is 0 Å². The third kappa shape index (κ3) is 4.42. The van der Waals surface area contributed by atoms with Crippen molar-refractivity contribution in [2.45, 2.75) is 30.6 Å². The van der Waals surface area contributed by atoms with Crippen molar-refractivity contribution < 1.29 is 43.9 Å². The minimum Gasteiger partial charge on any atom is -0.510 e. The van der Waals surface area contributed by atoms with Crippen molar-refractivity contribution in [3.63, 3.8) is 0 Å². The number of benzene rings is 2. The molecule has 0 bridgehead atoms. The normalized spacial score (nSPS) is 26.2. The number of aliphatic hydroxyl groups is 3. The number of likely N-dealkylation sites (N-methyl/N-ethyl adjacent to an activating group) is 1. The number of carbonyl (C=O) groups excluding carboxylic acids is 3. The number of nitrogens with two attached hydrogens (primary N) is 1. The molecule has 7 N–H and O–H groups in total. The van der Waals surface area contributed by atoms with Gasteiger partial charge in [0, 0.05) is 55.6 Å². The molecular formula is C31H35FN4O8. The van der Waals surface area contributed by atoms with Crippen LogP contribution in [0.15, 0.2) is 47.2 Å². The topological polar surface area (TPSA) is 186 Å². The summed E-state index contributed by atoms with van der Waals surface area (Å²) >= 11 is 0. The van der Waals surface area contributed by atoms with E-state index in [1.54, 1.807) is 62.3 Å². The fourth-order valence-corrected chi connectivity index (χ4v) is 7.00. The largest absolute Gasteiger partial charge is 0.510 e. The summed E-state index contributed by atoms with van der Waals surface area (Å²) in [6, 6.07) is 6.57. The number of nitrogens with zero attached hydrogens (tertiary/aromatic N) is 2. The second kappa shape index (κ2) is 10.9. The maximum absolute atomic E-state index is 15.6. The second-order valence-electron chi connectivity index (χ2n) is 11.8. The monoisotopic (exact) mass is 610 g/mol. The lowest BCUT2D eigenvalue weighted by Crippen LogP contribution is -2.69. The number of aromatic hydroxyl groups is 1. The number of phenols is 1. The van der Waals surface area contributed by atoms with E-state index in [4.69, 9.17) is 10.5 Å². The van der Waals surface area contributed by atoms with Crippen LogP contribution in [0.1, 0.15) is 27.9 Å². The summed E-state index contributed by atoms with van der Waals surface area (Å²) in [5.74, 6) is -7.19. The molecule has 3 aliphatic rings. The lowest BCUT2D eigenvalue weighted by Gasteiger charge is -2.54. The highest BCUT2D eigenvalue weighted by molar-refractivity contribution is 6.12. The van der Waals surface area contributed by atoms with E-state index in [1.165, 1.54) is 0 Å². The van der Waals surface area contributed by atoms with Crippen molar-refractivity contribution in [3.8, 4) is 5.75 Å².